The highest BCUT2D eigenvalue weighted by molar-refractivity contribution is 7.85. The van der Waals surface area contributed by atoms with Gasteiger partial charge >= 0.3 is 0 Å². The van der Waals surface area contributed by atoms with E-state index in [9.17, 15) is 18.0 Å². The Labute approximate surface area is 325 Å². The van der Waals surface area contributed by atoms with E-state index in [4.69, 9.17) is 33.2 Å². The summed E-state index contributed by atoms with van der Waals surface area (Å²) in [6, 6.07) is 8.11. The largest absolute Gasteiger partial charge is 0.367 e. The third-order valence-corrected chi connectivity index (χ3v) is 13.4. The number of likely N-dealkylation sites (tertiary alicyclic amines) is 2. The van der Waals surface area contributed by atoms with Crippen LogP contribution in [0.15, 0.2) is 34.1 Å². The van der Waals surface area contributed by atoms with Crippen molar-refractivity contribution in [2.45, 2.75) is 67.8 Å². The molecule has 2 unspecified atom stereocenters. The number of rotatable bonds is 6. The maximum absolute atomic E-state index is 12.7. The second kappa shape index (κ2) is 16.8. The molecule has 7 heterocycles. The van der Waals surface area contributed by atoms with E-state index in [0.717, 1.165) is 66.0 Å². The van der Waals surface area contributed by atoms with Crippen LogP contribution in [0.5, 0.6) is 0 Å². The predicted molar refractivity (Wildman–Crippen MR) is 210 cm³/mol. The zero-order valence-electron chi connectivity index (χ0n) is 29.1. The second-order valence-corrected chi connectivity index (χ2v) is 17.4. The number of carbonyl (C=O) groups excluding carboxylic acids is 2. The molecule has 5 aliphatic rings. The van der Waals surface area contributed by atoms with Crippen LogP contribution in [0.1, 0.15) is 44.5 Å². The highest BCUT2D eigenvalue weighted by atomic mass is 35.5. The summed E-state index contributed by atoms with van der Waals surface area (Å²) in [6.45, 7) is 4.46. The molecule has 3 fully saturated rings. The van der Waals surface area contributed by atoms with Gasteiger partial charge in [-0.05, 0) is 36.6 Å². The number of anilines is 4. The number of amides is 2. The molecule has 14 nitrogen and oxygen atoms in total. The Balaban J connectivity index is 0.000000197. The first-order valence-corrected chi connectivity index (χ1v) is 20.9. The van der Waals surface area contributed by atoms with Crippen molar-refractivity contribution in [2.24, 2.45) is 0 Å². The van der Waals surface area contributed by atoms with Crippen molar-refractivity contribution < 1.29 is 18.0 Å². The van der Waals surface area contributed by atoms with Gasteiger partial charge in [0.05, 0.1) is 43.7 Å². The fourth-order valence-corrected chi connectivity index (χ4v) is 10.3. The number of nitrogens with zero attached hydrogens (tertiary/aromatic N) is 8. The zero-order valence-corrected chi connectivity index (χ0v) is 32.3. The molecule has 53 heavy (non-hydrogen) atoms. The van der Waals surface area contributed by atoms with Crippen LogP contribution >= 0.6 is 23.2 Å². The molecule has 3 aromatic rings. The average molecular weight is 806 g/mol. The topological polar surface area (TPSA) is 157 Å². The molecule has 2 amide bonds. The van der Waals surface area contributed by atoms with Crippen LogP contribution in [0.25, 0.3) is 0 Å². The van der Waals surface area contributed by atoms with Crippen molar-refractivity contribution in [1.29, 1.82) is 0 Å². The lowest BCUT2D eigenvalue weighted by Gasteiger charge is -2.37. The molecule has 4 atom stereocenters. The van der Waals surface area contributed by atoms with Gasteiger partial charge in [-0.2, -0.15) is 9.97 Å². The van der Waals surface area contributed by atoms with Gasteiger partial charge in [0.1, 0.15) is 21.4 Å². The van der Waals surface area contributed by atoms with Gasteiger partial charge in [-0.15, -0.1) is 0 Å². The molecule has 8 rings (SSSR count). The molecule has 18 heteroatoms. The number of aryl methyl sites for hydroxylation is 2. The van der Waals surface area contributed by atoms with Crippen LogP contribution in [0.4, 0.5) is 23.3 Å². The van der Waals surface area contributed by atoms with E-state index in [2.05, 4.69) is 30.4 Å². The molecule has 286 valence electrons. The van der Waals surface area contributed by atoms with Crippen LogP contribution in [0, 0.1) is 0 Å². The summed E-state index contributed by atoms with van der Waals surface area (Å²) in [6.07, 6.45) is 3.89. The van der Waals surface area contributed by atoms with Crippen molar-refractivity contribution in [1.82, 2.24) is 29.7 Å². The van der Waals surface area contributed by atoms with Gasteiger partial charge in [0.2, 0.25) is 23.0 Å². The lowest BCUT2D eigenvalue weighted by molar-refractivity contribution is -0.132. The number of nitrogens with one attached hydrogen (secondary N) is 2. The Morgan fingerprint density at radius 3 is 1.75 bits per heavy atom. The summed E-state index contributed by atoms with van der Waals surface area (Å²) in [7, 11) is 1.46. The Bertz CT molecular complexity index is 1910. The number of hydrogen-bond donors (Lipinski definition) is 2. The smallest absolute Gasteiger partial charge is 0.227 e. The van der Waals surface area contributed by atoms with Crippen LogP contribution in [-0.2, 0) is 44.0 Å². The van der Waals surface area contributed by atoms with Crippen molar-refractivity contribution in [2.75, 3.05) is 85.3 Å². The van der Waals surface area contributed by atoms with Crippen LogP contribution in [0.2, 0.25) is 10.3 Å². The fraction of sp³-hybridized carbons (Fsp3) is 0.543. The van der Waals surface area contributed by atoms with E-state index in [1.807, 2.05) is 31.3 Å². The van der Waals surface area contributed by atoms with Gasteiger partial charge in [0, 0.05) is 103 Å². The van der Waals surface area contributed by atoms with Crippen LogP contribution in [0.3, 0.4) is 0 Å². The Morgan fingerprint density at radius 2 is 1.21 bits per heavy atom. The van der Waals surface area contributed by atoms with E-state index in [0.29, 0.717) is 72.8 Å². The molecule has 2 aromatic heterocycles. The lowest BCUT2D eigenvalue weighted by atomic mass is 10.1. The Morgan fingerprint density at radius 1 is 0.698 bits per heavy atom. The average Bonchev–Trinajstić information content (AvgIpc) is 3.70. The summed E-state index contributed by atoms with van der Waals surface area (Å²) in [4.78, 5) is 50.6. The van der Waals surface area contributed by atoms with Crippen LogP contribution < -0.4 is 20.4 Å². The number of halogens is 2. The molecule has 0 bridgehead atoms. The minimum absolute atomic E-state index is 0. The highest BCUT2D eigenvalue weighted by Crippen LogP contribution is 2.33. The first-order chi connectivity index (χ1) is 25.0. The van der Waals surface area contributed by atoms with E-state index in [1.165, 1.54) is 0 Å². The Kier molecular flexibility index (Phi) is 12.4. The molecule has 0 aliphatic carbocycles. The first-order valence-electron chi connectivity index (χ1n) is 17.5. The number of piperazine rings is 1. The fourth-order valence-electron chi connectivity index (χ4n) is 7.19. The third-order valence-electron chi connectivity index (χ3n) is 10.0. The number of aromatic nitrogens is 4. The first kappa shape index (κ1) is 39.1. The van der Waals surface area contributed by atoms with Crippen molar-refractivity contribution in [3.8, 4) is 0 Å². The number of hydrogen-bond acceptors (Lipinski definition) is 12. The number of piperidine rings is 2. The van der Waals surface area contributed by atoms with Gasteiger partial charge in [-0.25, -0.2) is 9.97 Å². The summed E-state index contributed by atoms with van der Waals surface area (Å²) in [5.41, 5.74) is 2.70. The standard InChI is InChI=1S/C22H27ClN6O2S.C12H15ClN4O2S.CH4/c1-27-14-15(6-7-19(27)30)24-21-20-17(8-13-32(20)31)25-22(26-21)29-11-9-28(10-12-29)18-5-3-2-4-16(18)23;1-17-6-7(2-3-9(17)18)14-11-10-8(4-5-20(10)19)15-12(13)16-11;/h2-5,15H,6-14H2,1H3,(H,24,25,26);7H,2-6H2,1H3,(H,14,15,16);1H4/t15-,32?;7-,20?;/m00./s1. The van der Waals surface area contributed by atoms with Crippen molar-refractivity contribution >= 4 is 79.9 Å². The lowest BCUT2D eigenvalue weighted by Crippen LogP contribution is -2.47. The molecule has 3 saturated heterocycles. The summed E-state index contributed by atoms with van der Waals surface area (Å²) < 4.78 is 24.7. The molecule has 1 aromatic carbocycles. The van der Waals surface area contributed by atoms with Gasteiger partial charge in [0.25, 0.3) is 0 Å². The minimum Gasteiger partial charge on any atom is -0.367 e. The van der Waals surface area contributed by atoms with E-state index < -0.39 is 21.6 Å². The highest BCUT2D eigenvalue weighted by Gasteiger charge is 2.32. The second-order valence-electron chi connectivity index (χ2n) is 13.6. The summed E-state index contributed by atoms with van der Waals surface area (Å²) in [5, 5.41) is 7.71. The van der Waals surface area contributed by atoms with Crippen molar-refractivity contribution in [3.63, 3.8) is 0 Å². The van der Waals surface area contributed by atoms with Gasteiger partial charge in [-0.1, -0.05) is 31.2 Å². The summed E-state index contributed by atoms with van der Waals surface area (Å²) in [5.74, 6) is 3.39. The number of likely N-dealkylation sites (N-methyl/N-ethyl adjacent to an activating group) is 2. The Hall–Kier alpha value is -3.60. The molecule has 2 N–H and O–H groups in total. The van der Waals surface area contributed by atoms with E-state index in [-0.39, 0.29) is 36.6 Å². The number of carbonyl (C=O) groups is 2. The third kappa shape index (κ3) is 8.71. The normalized spacial score (nSPS) is 23.8. The number of benzene rings is 1. The van der Waals surface area contributed by atoms with E-state index >= 15 is 0 Å². The zero-order chi connectivity index (χ0) is 36.5. The molecule has 0 radical (unpaired) electrons. The van der Waals surface area contributed by atoms with Gasteiger partial charge < -0.3 is 30.2 Å². The molecular weight excluding hydrogens is 759 g/mol. The SMILES string of the molecule is C.CN1C[C@@H](Nc2nc(Cl)nc3c2S(=O)CC3)CCC1=O.CN1C[C@@H](Nc2nc(N3CCN(c4ccccc4Cl)CC3)nc3c2S(=O)CC3)CCC1=O. The van der Waals surface area contributed by atoms with E-state index in [1.54, 1.807) is 16.8 Å². The maximum Gasteiger partial charge on any atom is 0.227 e. The monoisotopic (exact) mass is 804 g/mol. The minimum atomic E-state index is -1.09. The number of para-hydroxylation sites is 1. The quantitative estimate of drug-likeness (QED) is 0.350. The predicted octanol–water partition coefficient (Wildman–Crippen LogP) is 3.62. The molecule has 0 saturated carbocycles. The van der Waals surface area contributed by atoms with Crippen molar-refractivity contribution in [3.05, 3.63) is 46.0 Å². The molecular formula is C35H46Cl2N10O4S2. The summed E-state index contributed by atoms with van der Waals surface area (Å²) >= 11 is 12.3. The maximum atomic E-state index is 12.7. The van der Waals surface area contributed by atoms with Crippen LogP contribution in [-0.4, -0.2) is 127 Å². The van der Waals surface area contributed by atoms with Gasteiger partial charge in [-0.3, -0.25) is 18.0 Å². The number of fused-ring (bicyclic) bond motifs is 2. The molecule has 0 spiro atoms. The van der Waals surface area contributed by atoms with Gasteiger partial charge in [0.15, 0.2) is 0 Å². The molecule has 5 aliphatic heterocycles.